The van der Waals surface area contributed by atoms with Gasteiger partial charge in [0.05, 0.1) is 23.1 Å². The lowest BCUT2D eigenvalue weighted by Gasteiger charge is -2.14. The molecule has 0 bridgehead atoms. The second kappa shape index (κ2) is 11.1. The number of carbonyl (C=O) groups is 2. The highest BCUT2D eigenvalue weighted by molar-refractivity contribution is 6.42. The van der Waals surface area contributed by atoms with Crippen LogP contribution in [0.25, 0.3) is 11.1 Å². The summed E-state index contributed by atoms with van der Waals surface area (Å²) in [6, 6.07) is 18.0. The zero-order valence-electron chi connectivity index (χ0n) is 18.1. The predicted molar refractivity (Wildman–Crippen MR) is 128 cm³/mol. The number of halogens is 2. The summed E-state index contributed by atoms with van der Waals surface area (Å²) in [5, 5.41) is 12.8. The lowest BCUT2D eigenvalue weighted by molar-refractivity contribution is -0.138. The number of hydrogen-bond acceptors (Lipinski definition) is 4. The Hall–Kier alpha value is -3.22. The van der Waals surface area contributed by atoms with Crippen molar-refractivity contribution in [1.29, 1.82) is 0 Å². The second-order valence-electron chi connectivity index (χ2n) is 7.39. The fraction of sp³-hybridized carbons (Fsp3) is 0.200. The molecule has 0 saturated carbocycles. The van der Waals surface area contributed by atoms with E-state index in [1.165, 1.54) is 0 Å². The molecule has 0 aliphatic rings. The van der Waals surface area contributed by atoms with Crippen LogP contribution in [0.2, 0.25) is 10.0 Å². The molecule has 0 fully saturated rings. The third-order valence-corrected chi connectivity index (χ3v) is 5.89. The summed E-state index contributed by atoms with van der Waals surface area (Å²) < 4.78 is 10.7. The predicted octanol–water partition coefficient (Wildman–Crippen LogP) is 6.28. The van der Waals surface area contributed by atoms with Crippen molar-refractivity contribution in [3.8, 4) is 16.9 Å². The van der Waals surface area contributed by atoms with Crippen LogP contribution in [0.3, 0.4) is 0 Å². The summed E-state index contributed by atoms with van der Waals surface area (Å²) in [7, 11) is 1.55. The van der Waals surface area contributed by atoms with Crippen molar-refractivity contribution >= 4 is 35.3 Å². The Balaban J connectivity index is 1.70. The number of carbonyl (C=O) groups excluding carboxylic acids is 1. The first kappa shape index (κ1) is 24.4. The molecule has 1 amide bonds. The summed E-state index contributed by atoms with van der Waals surface area (Å²) in [5.41, 5.74) is 3.91. The van der Waals surface area contributed by atoms with Crippen LogP contribution >= 0.6 is 23.2 Å². The van der Waals surface area contributed by atoms with Crippen molar-refractivity contribution in [1.82, 2.24) is 5.32 Å². The van der Waals surface area contributed by atoms with Crippen LogP contribution in [-0.4, -0.2) is 24.3 Å². The molecule has 172 valence electrons. The molecule has 0 aliphatic heterocycles. The molecule has 3 aromatic carbocycles. The van der Waals surface area contributed by atoms with Crippen molar-refractivity contribution in [2.24, 2.45) is 0 Å². The largest absolute Gasteiger partial charge is 0.496 e. The summed E-state index contributed by atoms with van der Waals surface area (Å²) in [6.45, 7) is 1.88. The number of carboxylic acids is 1. The number of amides is 1. The maximum atomic E-state index is 12.2. The monoisotopic (exact) mass is 487 g/mol. The number of hydrogen-bond donors (Lipinski definition) is 2. The Morgan fingerprint density at radius 1 is 1.00 bits per heavy atom. The number of alkyl carbamates (subject to hydrolysis) is 1. The van der Waals surface area contributed by atoms with Crippen molar-refractivity contribution in [2.45, 2.75) is 26.0 Å². The van der Waals surface area contributed by atoms with E-state index in [0.29, 0.717) is 21.4 Å². The van der Waals surface area contributed by atoms with Crippen molar-refractivity contribution in [3.05, 3.63) is 87.4 Å². The van der Waals surface area contributed by atoms with Gasteiger partial charge in [0.2, 0.25) is 0 Å². The minimum atomic E-state index is -0.883. The Morgan fingerprint density at radius 3 is 2.45 bits per heavy atom. The number of aliphatic carboxylic acids is 1. The summed E-state index contributed by atoms with van der Waals surface area (Å²) in [4.78, 5) is 23.5. The summed E-state index contributed by atoms with van der Waals surface area (Å²) >= 11 is 11.9. The average molecular weight is 488 g/mol. The SMILES string of the molecule is COc1ccc(-c2cccc(C(C)C(=O)O)c2)cc1CNC(=O)OCc1ccc(Cl)c(Cl)c1. The molecule has 2 N–H and O–H groups in total. The fourth-order valence-electron chi connectivity index (χ4n) is 3.22. The molecule has 0 aromatic heterocycles. The van der Waals surface area contributed by atoms with Crippen LogP contribution in [0.4, 0.5) is 4.79 Å². The Morgan fingerprint density at radius 2 is 1.76 bits per heavy atom. The highest BCUT2D eigenvalue weighted by Crippen LogP contribution is 2.29. The van der Waals surface area contributed by atoms with Crippen LogP contribution in [-0.2, 0) is 22.7 Å². The lowest BCUT2D eigenvalue weighted by Crippen LogP contribution is -2.24. The second-order valence-corrected chi connectivity index (χ2v) is 8.20. The molecule has 1 atom stereocenters. The first-order valence-electron chi connectivity index (χ1n) is 10.1. The van der Waals surface area contributed by atoms with E-state index in [-0.39, 0.29) is 13.2 Å². The molecule has 0 radical (unpaired) electrons. The van der Waals surface area contributed by atoms with E-state index in [0.717, 1.165) is 22.3 Å². The molecule has 0 heterocycles. The molecule has 8 heteroatoms. The van der Waals surface area contributed by atoms with Gasteiger partial charge < -0.3 is 19.9 Å². The van der Waals surface area contributed by atoms with Gasteiger partial charge in [-0.1, -0.05) is 59.6 Å². The van der Waals surface area contributed by atoms with Gasteiger partial charge in [-0.2, -0.15) is 0 Å². The molecule has 33 heavy (non-hydrogen) atoms. The van der Waals surface area contributed by atoms with E-state index < -0.39 is 18.0 Å². The maximum Gasteiger partial charge on any atom is 0.407 e. The van der Waals surface area contributed by atoms with E-state index in [4.69, 9.17) is 32.7 Å². The maximum absolute atomic E-state index is 12.2. The molecule has 0 spiro atoms. The van der Waals surface area contributed by atoms with Gasteiger partial charge in [0.25, 0.3) is 0 Å². The third-order valence-electron chi connectivity index (χ3n) is 5.15. The van der Waals surface area contributed by atoms with Crippen LogP contribution < -0.4 is 10.1 Å². The number of rotatable bonds is 8. The van der Waals surface area contributed by atoms with Crippen molar-refractivity contribution in [3.63, 3.8) is 0 Å². The third kappa shape index (κ3) is 6.40. The van der Waals surface area contributed by atoms with Gasteiger partial charge in [0, 0.05) is 12.1 Å². The van der Waals surface area contributed by atoms with Crippen molar-refractivity contribution < 1.29 is 24.2 Å². The van der Waals surface area contributed by atoms with Gasteiger partial charge in [-0.25, -0.2) is 4.79 Å². The summed E-state index contributed by atoms with van der Waals surface area (Å²) in [6.07, 6.45) is -0.592. The summed E-state index contributed by atoms with van der Waals surface area (Å²) in [5.74, 6) is -0.889. The smallest absolute Gasteiger partial charge is 0.407 e. The molecular weight excluding hydrogens is 465 g/mol. The standard InChI is InChI=1S/C25H23Cl2NO5/c1-15(24(29)30)17-4-3-5-18(11-17)19-7-9-23(32-2)20(12-19)13-28-25(31)33-14-16-6-8-21(26)22(27)10-16/h3-12,15H,13-14H2,1-2H3,(H,28,31)(H,29,30). The quantitative estimate of drug-likeness (QED) is 0.390. The van der Waals surface area contributed by atoms with Crippen molar-refractivity contribution in [2.75, 3.05) is 7.11 Å². The molecule has 6 nitrogen and oxygen atoms in total. The van der Waals surface area contributed by atoms with Gasteiger partial charge in [0.1, 0.15) is 12.4 Å². The molecule has 0 aliphatic carbocycles. The van der Waals surface area contributed by atoms with Gasteiger partial charge in [-0.05, 0) is 53.4 Å². The highest BCUT2D eigenvalue weighted by Gasteiger charge is 2.15. The average Bonchev–Trinajstić information content (AvgIpc) is 2.82. The number of carboxylic acid groups (broad SMARTS) is 1. The Kier molecular flexibility index (Phi) is 8.20. The van der Waals surface area contributed by atoms with E-state index in [1.807, 2.05) is 30.3 Å². The van der Waals surface area contributed by atoms with Gasteiger partial charge in [-0.3, -0.25) is 4.79 Å². The minimum absolute atomic E-state index is 0.0501. The zero-order chi connectivity index (χ0) is 24.0. The minimum Gasteiger partial charge on any atom is -0.496 e. The topological polar surface area (TPSA) is 84.9 Å². The Bertz CT molecular complexity index is 1170. The normalized spacial score (nSPS) is 11.5. The van der Waals surface area contributed by atoms with E-state index >= 15 is 0 Å². The Labute approximate surface area is 202 Å². The van der Waals surface area contributed by atoms with E-state index in [1.54, 1.807) is 44.4 Å². The molecule has 0 saturated heterocycles. The first-order chi connectivity index (χ1) is 15.8. The van der Waals surface area contributed by atoms with Gasteiger partial charge in [-0.15, -0.1) is 0 Å². The van der Waals surface area contributed by atoms with Gasteiger partial charge >= 0.3 is 12.1 Å². The molecule has 3 rings (SSSR count). The zero-order valence-corrected chi connectivity index (χ0v) is 19.6. The number of benzene rings is 3. The molecule has 1 unspecified atom stereocenters. The fourth-order valence-corrected chi connectivity index (χ4v) is 3.54. The van der Waals surface area contributed by atoms with Crippen LogP contribution in [0.1, 0.15) is 29.5 Å². The van der Waals surface area contributed by atoms with Gasteiger partial charge in [0.15, 0.2) is 0 Å². The van der Waals surface area contributed by atoms with E-state index in [2.05, 4.69) is 5.32 Å². The lowest BCUT2D eigenvalue weighted by atomic mass is 9.95. The number of methoxy groups -OCH3 is 1. The highest BCUT2D eigenvalue weighted by atomic mass is 35.5. The van der Waals surface area contributed by atoms with Crippen LogP contribution in [0, 0.1) is 0 Å². The van der Waals surface area contributed by atoms with Crippen LogP contribution in [0.15, 0.2) is 60.7 Å². The first-order valence-corrected chi connectivity index (χ1v) is 10.9. The van der Waals surface area contributed by atoms with E-state index in [9.17, 15) is 14.7 Å². The number of nitrogens with one attached hydrogen (secondary N) is 1. The number of ether oxygens (including phenoxy) is 2. The molecular formula is C25H23Cl2NO5. The van der Waals surface area contributed by atoms with Crippen LogP contribution in [0.5, 0.6) is 5.75 Å². The molecule has 3 aromatic rings.